The molecule has 0 bridgehead atoms. The molecule has 3 aromatic rings. The highest BCUT2D eigenvalue weighted by Gasteiger charge is 2.36. The number of carbonyl (C=O) groups is 2. The molecule has 0 unspecified atom stereocenters. The van der Waals surface area contributed by atoms with Gasteiger partial charge in [0.15, 0.2) is 0 Å². The summed E-state index contributed by atoms with van der Waals surface area (Å²) in [7, 11) is 0. The predicted octanol–water partition coefficient (Wildman–Crippen LogP) is 6.41. The zero-order valence-corrected chi connectivity index (χ0v) is 18.0. The molecule has 1 heterocycles. The number of rotatable bonds is 5. The largest absolute Gasteiger partial charge is 0.488 e. The van der Waals surface area contributed by atoms with E-state index in [0.29, 0.717) is 22.6 Å². The standard InChI is InChI=1S/C23H15BrFNO3S/c24-17-10-11-20(29-14-15-6-4-5-9-19(15)25)16(12-17)13-21-22(27)26(23(28)30-21)18-7-2-1-3-8-18/h1-13H,14H2/b21-13+. The van der Waals surface area contributed by atoms with Crippen molar-refractivity contribution >= 4 is 50.6 Å². The summed E-state index contributed by atoms with van der Waals surface area (Å²) in [5, 5.41) is -0.360. The first-order valence-corrected chi connectivity index (χ1v) is 10.6. The first kappa shape index (κ1) is 20.4. The van der Waals surface area contributed by atoms with Crippen LogP contribution in [-0.2, 0) is 11.4 Å². The fraction of sp³-hybridized carbons (Fsp3) is 0.0435. The zero-order valence-electron chi connectivity index (χ0n) is 15.5. The van der Waals surface area contributed by atoms with Gasteiger partial charge < -0.3 is 4.74 Å². The minimum Gasteiger partial charge on any atom is -0.488 e. The van der Waals surface area contributed by atoms with E-state index >= 15 is 0 Å². The van der Waals surface area contributed by atoms with E-state index in [1.807, 2.05) is 6.07 Å². The van der Waals surface area contributed by atoms with E-state index in [1.54, 1.807) is 66.7 Å². The summed E-state index contributed by atoms with van der Waals surface area (Å²) in [5.74, 6) is -0.260. The van der Waals surface area contributed by atoms with Crippen LogP contribution in [-0.4, -0.2) is 11.1 Å². The first-order chi connectivity index (χ1) is 14.5. The zero-order chi connectivity index (χ0) is 21.1. The molecular formula is C23H15BrFNO3S. The molecule has 4 nitrogen and oxygen atoms in total. The van der Waals surface area contributed by atoms with E-state index in [4.69, 9.17) is 4.74 Å². The van der Waals surface area contributed by atoms with Gasteiger partial charge in [-0.3, -0.25) is 9.59 Å². The van der Waals surface area contributed by atoms with Gasteiger partial charge in [-0.1, -0.05) is 52.3 Å². The lowest BCUT2D eigenvalue weighted by atomic mass is 10.1. The first-order valence-electron chi connectivity index (χ1n) is 9.02. The SMILES string of the molecule is O=C1S/C(=C/c2cc(Br)ccc2OCc2ccccc2F)C(=O)N1c1ccccc1. The molecule has 1 saturated heterocycles. The van der Waals surface area contributed by atoms with Crippen LogP contribution in [0.15, 0.2) is 82.2 Å². The maximum Gasteiger partial charge on any atom is 0.298 e. The molecule has 30 heavy (non-hydrogen) atoms. The Morgan fingerprint density at radius 1 is 1.00 bits per heavy atom. The molecule has 0 atom stereocenters. The predicted molar refractivity (Wildman–Crippen MR) is 120 cm³/mol. The Morgan fingerprint density at radius 3 is 2.50 bits per heavy atom. The lowest BCUT2D eigenvalue weighted by molar-refractivity contribution is -0.113. The number of thioether (sulfide) groups is 1. The molecule has 0 aromatic heterocycles. The van der Waals surface area contributed by atoms with E-state index in [0.717, 1.165) is 21.1 Å². The molecule has 0 spiro atoms. The summed E-state index contributed by atoms with van der Waals surface area (Å²) < 4.78 is 20.5. The summed E-state index contributed by atoms with van der Waals surface area (Å²) in [4.78, 5) is 26.7. The topological polar surface area (TPSA) is 46.6 Å². The number of benzene rings is 3. The lowest BCUT2D eigenvalue weighted by Crippen LogP contribution is -2.27. The third-order valence-electron chi connectivity index (χ3n) is 4.41. The second kappa shape index (κ2) is 8.85. The van der Waals surface area contributed by atoms with Crippen molar-refractivity contribution in [2.24, 2.45) is 0 Å². The van der Waals surface area contributed by atoms with Gasteiger partial charge in [0.05, 0.1) is 10.6 Å². The molecular weight excluding hydrogens is 469 g/mol. The molecule has 1 aliphatic heterocycles. The highest BCUT2D eigenvalue weighted by Crippen LogP contribution is 2.37. The number of hydrogen-bond acceptors (Lipinski definition) is 4. The van der Waals surface area contributed by atoms with Crippen LogP contribution in [0.25, 0.3) is 6.08 Å². The van der Waals surface area contributed by atoms with E-state index < -0.39 is 5.91 Å². The Balaban J connectivity index is 1.62. The van der Waals surface area contributed by atoms with Crippen LogP contribution >= 0.6 is 27.7 Å². The Labute approximate surface area is 185 Å². The summed E-state index contributed by atoms with van der Waals surface area (Å²) >= 11 is 4.29. The van der Waals surface area contributed by atoms with Crippen molar-refractivity contribution < 1.29 is 18.7 Å². The van der Waals surface area contributed by atoms with Crippen molar-refractivity contribution in [3.63, 3.8) is 0 Å². The van der Waals surface area contributed by atoms with Crippen LogP contribution in [0.1, 0.15) is 11.1 Å². The number of carbonyl (C=O) groups excluding carboxylic acids is 2. The van der Waals surface area contributed by atoms with Gasteiger partial charge in [-0.25, -0.2) is 9.29 Å². The molecule has 1 aliphatic rings. The van der Waals surface area contributed by atoms with Gasteiger partial charge in [0.2, 0.25) is 0 Å². The quantitative estimate of drug-likeness (QED) is 0.393. The van der Waals surface area contributed by atoms with Crippen LogP contribution in [0, 0.1) is 5.82 Å². The van der Waals surface area contributed by atoms with Crippen molar-refractivity contribution in [1.82, 2.24) is 0 Å². The Kier molecular flexibility index (Phi) is 6.01. The third-order valence-corrected chi connectivity index (χ3v) is 5.77. The van der Waals surface area contributed by atoms with Crippen molar-refractivity contribution in [1.29, 1.82) is 0 Å². The molecule has 0 saturated carbocycles. The van der Waals surface area contributed by atoms with E-state index in [-0.39, 0.29) is 22.6 Å². The summed E-state index contributed by atoms with van der Waals surface area (Å²) in [5.41, 5.74) is 1.56. The van der Waals surface area contributed by atoms with Crippen molar-refractivity contribution in [2.75, 3.05) is 4.90 Å². The minimum absolute atomic E-state index is 0.0423. The molecule has 2 amide bonds. The normalized spacial score (nSPS) is 15.1. The maximum atomic E-state index is 13.9. The molecule has 150 valence electrons. The van der Waals surface area contributed by atoms with Crippen molar-refractivity contribution in [2.45, 2.75) is 6.61 Å². The number of halogens is 2. The minimum atomic E-state index is -0.392. The van der Waals surface area contributed by atoms with Gasteiger partial charge in [-0.2, -0.15) is 0 Å². The van der Waals surface area contributed by atoms with Gasteiger partial charge >= 0.3 is 0 Å². The number of ether oxygens (including phenoxy) is 1. The Morgan fingerprint density at radius 2 is 1.73 bits per heavy atom. The summed E-state index contributed by atoms with van der Waals surface area (Å²) in [6.45, 7) is 0.0423. The van der Waals surface area contributed by atoms with Gasteiger partial charge in [-0.05, 0) is 54.2 Å². The third kappa shape index (κ3) is 4.32. The molecule has 0 N–H and O–H groups in total. The van der Waals surface area contributed by atoms with E-state index in [9.17, 15) is 14.0 Å². The number of nitrogens with zero attached hydrogens (tertiary/aromatic N) is 1. The van der Waals surface area contributed by atoms with E-state index in [2.05, 4.69) is 15.9 Å². The van der Waals surface area contributed by atoms with Crippen LogP contribution in [0.2, 0.25) is 0 Å². The molecule has 4 rings (SSSR count). The van der Waals surface area contributed by atoms with Crippen LogP contribution in [0.5, 0.6) is 5.75 Å². The number of amides is 2. The highest BCUT2D eigenvalue weighted by molar-refractivity contribution is 9.10. The van der Waals surface area contributed by atoms with Crippen LogP contribution in [0.4, 0.5) is 14.9 Å². The second-order valence-electron chi connectivity index (χ2n) is 6.41. The average Bonchev–Trinajstić information content (AvgIpc) is 3.02. The second-order valence-corrected chi connectivity index (χ2v) is 8.32. The summed E-state index contributed by atoms with van der Waals surface area (Å²) in [6, 6.07) is 20.5. The van der Waals surface area contributed by atoms with Gasteiger partial charge in [-0.15, -0.1) is 0 Å². The van der Waals surface area contributed by atoms with Gasteiger partial charge in [0.1, 0.15) is 18.2 Å². The smallest absolute Gasteiger partial charge is 0.298 e. The number of para-hydroxylation sites is 1. The molecule has 0 aliphatic carbocycles. The van der Waals surface area contributed by atoms with E-state index in [1.165, 1.54) is 6.07 Å². The summed E-state index contributed by atoms with van der Waals surface area (Å²) in [6.07, 6.45) is 1.62. The number of hydrogen-bond donors (Lipinski definition) is 0. The van der Waals surface area contributed by atoms with Gasteiger partial charge in [0.25, 0.3) is 11.1 Å². The Bertz CT molecular complexity index is 1150. The number of imide groups is 1. The molecule has 7 heteroatoms. The van der Waals surface area contributed by atoms with Crippen molar-refractivity contribution in [3.05, 3.63) is 99.1 Å². The monoisotopic (exact) mass is 483 g/mol. The lowest BCUT2D eigenvalue weighted by Gasteiger charge is -2.12. The fourth-order valence-electron chi connectivity index (χ4n) is 2.94. The molecule has 0 radical (unpaired) electrons. The van der Waals surface area contributed by atoms with Crippen LogP contribution < -0.4 is 9.64 Å². The molecule has 3 aromatic carbocycles. The highest BCUT2D eigenvalue weighted by atomic mass is 79.9. The maximum absolute atomic E-state index is 13.9. The van der Waals surface area contributed by atoms with Crippen molar-refractivity contribution in [3.8, 4) is 5.75 Å². The fourth-order valence-corrected chi connectivity index (χ4v) is 4.15. The van der Waals surface area contributed by atoms with Gasteiger partial charge in [0, 0.05) is 15.6 Å². The van der Waals surface area contributed by atoms with Crippen LogP contribution in [0.3, 0.4) is 0 Å². The average molecular weight is 484 g/mol. The Hall–Kier alpha value is -2.90. The molecule has 1 fully saturated rings. The number of anilines is 1.